The lowest BCUT2D eigenvalue weighted by Crippen LogP contribution is -2.61. The van der Waals surface area contributed by atoms with E-state index in [1.54, 1.807) is 84.4 Å². The molecular weight excluding hydrogens is 1060 g/mol. The number of carbonyl (C=O) groups excluding carboxylic acids is 2. The van der Waals surface area contributed by atoms with Crippen LogP contribution in [0.3, 0.4) is 0 Å². The summed E-state index contributed by atoms with van der Waals surface area (Å²) in [5.41, 5.74) is -4.44. The van der Waals surface area contributed by atoms with Crippen LogP contribution in [0, 0.1) is 35.0 Å². The number of benzene rings is 1. The predicted octanol–water partition coefficient (Wildman–Crippen LogP) is 3.71. The number of aryl methyl sites for hydroxylation is 1. The van der Waals surface area contributed by atoms with E-state index in [-0.39, 0.29) is 49.8 Å². The van der Waals surface area contributed by atoms with Crippen LogP contribution in [-0.4, -0.2) is 205 Å². The summed E-state index contributed by atoms with van der Waals surface area (Å²) >= 11 is 0. The lowest BCUT2D eigenvalue weighted by Gasteiger charge is -2.49. The van der Waals surface area contributed by atoms with Gasteiger partial charge in [0.05, 0.1) is 59.9 Å². The van der Waals surface area contributed by atoms with Crippen molar-refractivity contribution in [2.45, 2.75) is 192 Å². The fourth-order valence-electron chi connectivity index (χ4n) is 11.8. The molecule has 24 heteroatoms. The molecule has 0 saturated carbocycles. The van der Waals surface area contributed by atoms with Crippen LogP contribution in [0.5, 0.6) is 0 Å². The Kier molecular flexibility index (Phi) is 23.5. The number of hydrogen-bond donors (Lipinski definition) is 6. The van der Waals surface area contributed by atoms with Gasteiger partial charge in [-0.2, -0.15) is 5.26 Å². The van der Waals surface area contributed by atoms with E-state index >= 15 is 0 Å². The monoisotopic (exact) mass is 1150 g/mol. The maximum absolute atomic E-state index is 14.6. The van der Waals surface area contributed by atoms with E-state index in [9.17, 15) is 50.0 Å². The van der Waals surface area contributed by atoms with Crippen LogP contribution in [0.4, 0.5) is 4.79 Å². The van der Waals surface area contributed by atoms with Crippen LogP contribution in [0.15, 0.2) is 34.3 Å². The van der Waals surface area contributed by atoms with E-state index in [1.165, 1.54) is 27.2 Å². The topological polar surface area (TPSA) is 312 Å². The van der Waals surface area contributed by atoms with Gasteiger partial charge < -0.3 is 83.5 Å². The number of pyridine rings is 1. The number of carboxylic acids is 1. The molecule has 0 aliphatic carbocycles. The minimum atomic E-state index is -2.05. The first kappa shape index (κ1) is 66.8. The largest absolute Gasteiger partial charge is 0.477 e. The Balaban J connectivity index is 1.35. The highest BCUT2D eigenvalue weighted by Gasteiger charge is 2.54. The van der Waals surface area contributed by atoms with E-state index in [0.29, 0.717) is 36.8 Å². The summed E-state index contributed by atoms with van der Waals surface area (Å²) in [5.74, 6) is -5.92. The summed E-state index contributed by atoms with van der Waals surface area (Å²) in [7, 11) is 8.62. The van der Waals surface area contributed by atoms with Crippen LogP contribution in [0.1, 0.15) is 117 Å². The predicted molar refractivity (Wildman–Crippen MR) is 297 cm³/mol. The second kappa shape index (κ2) is 28.5. The molecule has 81 heavy (non-hydrogen) atoms. The minimum absolute atomic E-state index is 0.0338. The minimum Gasteiger partial charge on any atom is -0.477 e. The fourth-order valence-corrected chi connectivity index (χ4v) is 11.8. The summed E-state index contributed by atoms with van der Waals surface area (Å²) in [5, 5.41) is 76.5. The molecule has 3 saturated heterocycles. The van der Waals surface area contributed by atoms with E-state index in [2.05, 4.69) is 10.5 Å². The van der Waals surface area contributed by atoms with E-state index in [0.717, 1.165) is 5.56 Å². The average Bonchev–Trinajstić information content (AvgIpc) is 3.40. The number of oxime groups is 1. The maximum Gasteiger partial charge on any atom is 0.407 e. The number of nitrogens with zero attached hydrogens (tertiary/aromatic N) is 5. The van der Waals surface area contributed by atoms with Gasteiger partial charge in [-0.3, -0.25) is 14.3 Å². The van der Waals surface area contributed by atoms with Crippen molar-refractivity contribution in [2.24, 2.45) is 28.8 Å². The van der Waals surface area contributed by atoms with Crippen molar-refractivity contribution in [3.05, 3.63) is 45.7 Å². The molecule has 0 unspecified atom stereocenters. The van der Waals surface area contributed by atoms with Crippen LogP contribution in [0.25, 0.3) is 10.9 Å². The van der Waals surface area contributed by atoms with Gasteiger partial charge in [-0.1, -0.05) is 38.9 Å². The van der Waals surface area contributed by atoms with Gasteiger partial charge in [0.15, 0.2) is 18.7 Å². The van der Waals surface area contributed by atoms with Gasteiger partial charge in [0.2, 0.25) is 12.0 Å². The quantitative estimate of drug-likeness (QED) is 0.0663. The van der Waals surface area contributed by atoms with Gasteiger partial charge in [-0.05, 0) is 105 Å². The third kappa shape index (κ3) is 16.0. The highest BCUT2D eigenvalue weighted by Crippen LogP contribution is 2.42. The molecule has 0 spiro atoms. The van der Waals surface area contributed by atoms with Crippen molar-refractivity contribution >= 4 is 34.6 Å². The lowest BCUT2D eigenvalue weighted by atomic mass is 9.73. The van der Waals surface area contributed by atoms with Gasteiger partial charge in [-0.15, -0.1) is 0 Å². The number of aliphatic hydroxyl groups is 4. The first-order valence-electron chi connectivity index (χ1n) is 28.0. The molecule has 24 nitrogen and oxygen atoms in total. The van der Waals surface area contributed by atoms with Crippen LogP contribution < -0.4 is 15.8 Å². The number of nitrogens with one attached hydrogen (secondary N) is 1. The zero-order valence-electron chi connectivity index (χ0n) is 49.8. The molecule has 3 aliphatic heterocycles. The molecule has 2 aromatic rings. The van der Waals surface area contributed by atoms with Crippen molar-refractivity contribution in [2.75, 3.05) is 66.7 Å². The van der Waals surface area contributed by atoms with Crippen LogP contribution >= 0.6 is 0 Å². The molecule has 3 fully saturated rings. The Morgan fingerprint density at radius 2 is 1.65 bits per heavy atom. The zero-order valence-corrected chi connectivity index (χ0v) is 49.8. The third-order valence-electron chi connectivity index (χ3n) is 16.3. The van der Waals surface area contributed by atoms with Crippen molar-refractivity contribution in [1.82, 2.24) is 14.9 Å². The molecule has 1 amide bonds. The number of aliphatic hydroxyl groups excluding tert-OH is 2. The second-order valence-corrected chi connectivity index (χ2v) is 23.3. The normalized spacial score (nSPS) is 35.9. The summed E-state index contributed by atoms with van der Waals surface area (Å²) in [4.78, 5) is 60.1. The zero-order chi connectivity index (χ0) is 60.5. The molecule has 18 atom stereocenters. The van der Waals surface area contributed by atoms with E-state index < -0.39 is 132 Å². The number of rotatable bonds is 19. The standard InChI is InChI=1S/C57H90N6O18/c1-16-42-57(10,72)48(66)33(4)44(60-75-24-21-58)31(2)28-55(8,71)49(80-53-46(65)41(61(11)12)26-32(3)76-53)34(5)47(35(6)52(69)78-42)79-43-29-56(9,73-15)50(36(7)77-43)81-54(70)59-22-25-74-23-17-18-37-19-20-40-38(27-37)45(64)39(51(67)68)30-63(40)62(13)14/h19-20,27,30-36,41-43,46-50,53,65-66,71-72H,16-18,22-26,28-29H2,1-15H3,(H,59,70)(H,67,68)/b60-44+/t31-,32-,33-,34+,35-,36+,41+,42-,43+,46-,47+,48-,49-,50+,53+,55-,56-,57-/m1/s1. The van der Waals surface area contributed by atoms with E-state index in [1.807, 2.05) is 38.1 Å². The number of fused-ring (bicyclic) bond motifs is 1. The first-order valence-corrected chi connectivity index (χ1v) is 28.0. The lowest BCUT2D eigenvalue weighted by molar-refractivity contribution is -0.317. The molecule has 0 bridgehead atoms. The Bertz CT molecular complexity index is 2570. The Morgan fingerprint density at radius 1 is 0.963 bits per heavy atom. The number of alkyl carbamates (subject to hydrolysis) is 1. The van der Waals surface area contributed by atoms with Crippen molar-refractivity contribution < 1.29 is 82.6 Å². The number of cyclic esters (lactones) is 1. The van der Waals surface area contributed by atoms with Gasteiger partial charge in [0, 0.05) is 76.2 Å². The number of carboxylic acid groups (broad SMARTS) is 1. The SMILES string of the molecule is CC[C@H]1OC(=O)[C@H](C)[C@@H](O[C@H]2C[C@@](C)(OC)[C@@H](OC(=O)NCCOCCCc3ccc4c(c3)c(=O)c(C(=O)O)cn4N(C)C)[C@H](C)O2)[C@H](C)[C@@H](O[C@@H]2O[C@H](C)C[C@H](N(C)C)[C@H]2O)[C@](C)(O)C[C@@H](C)/C(=N\OCC#N)[C@@H](C)[C@@H](O)[C@]1(C)O. The number of carbonyl (C=O) groups is 3. The van der Waals surface area contributed by atoms with Crippen LogP contribution in [-0.2, 0) is 53.9 Å². The Hall–Kier alpha value is -5.04. The number of aromatic nitrogens is 1. The number of amides is 1. The molecule has 456 valence electrons. The number of methoxy groups -OCH3 is 1. The maximum atomic E-state index is 14.6. The number of likely N-dealkylation sites (N-methyl/N-ethyl adjacent to an activating group) is 1. The van der Waals surface area contributed by atoms with Gasteiger partial charge >= 0.3 is 18.0 Å². The molecule has 1 aromatic carbocycles. The highest BCUT2D eigenvalue weighted by molar-refractivity contribution is 5.93. The third-order valence-corrected chi connectivity index (χ3v) is 16.3. The van der Waals surface area contributed by atoms with Crippen molar-refractivity contribution in [3.63, 3.8) is 0 Å². The summed E-state index contributed by atoms with van der Waals surface area (Å²) in [6, 6.07) is 6.84. The number of ether oxygens (including phenoxy) is 8. The summed E-state index contributed by atoms with van der Waals surface area (Å²) < 4.78 is 51.9. The molecule has 0 radical (unpaired) electrons. The molecule has 3 aliphatic rings. The first-order chi connectivity index (χ1) is 37.9. The van der Waals surface area contributed by atoms with Gasteiger partial charge in [-0.25, -0.2) is 9.59 Å². The van der Waals surface area contributed by atoms with Crippen molar-refractivity contribution in [1.29, 1.82) is 5.26 Å². The summed E-state index contributed by atoms with van der Waals surface area (Å²) in [6.07, 6.45) is -9.08. The fraction of sp³-hybridized carbons (Fsp3) is 0.754. The number of nitriles is 1. The molecule has 1 aromatic heterocycles. The highest BCUT2D eigenvalue weighted by atomic mass is 16.7. The molecule has 4 heterocycles. The number of aromatic carboxylic acids is 1. The number of hydrogen-bond acceptors (Lipinski definition) is 21. The van der Waals surface area contributed by atoms with Gasteiger partial charge in [0.1, 0.15) is 35.0 Å². The van der Waals surface area contributed by atoms with Crippen LogP contribution in [0.2, 0.25) is 0 Å². The van der Waals surface area contributed by atoms with Gasteiger partial charge in [0.25, 0.3) is 0 Å². The van der Waals surface area contributed by atoms with E-state index in [4.69, 9.17) is 42.7 Å². The molecular formula is C57H90N6O18. The Labute approximate surface area is 475 Å². The Morgan fingerprint density at radius 3 is 2.27 bits per heavy atom. The summed E-state index contributed by atoms with van der Waals surface area (Å²) in [6.45, 7) is 16.7. The average molecular weight is 1150 g/mol. The van der Waals surface area contributed by atoms with Crippen molar-refractivity contribution in [3.8, 4) is 6.07 Å². The second-order valence-electron chi connectivity index (χ2n) is 23.3. The molecule has 6 N–H and O–H groups in total. The smallest absolute Gasteiger partial charge is 0.407 e. The number of esters is 1. The molecule has 5 rings (SSSR count).